The van der Waals surface area contributed by atoms with E-state index in [-0.39, 0.29) is 5.88 Å². The molecular formula is C17H16N4O3. The Morgan fingerprint density at radius 2 is 2.08 bits per heavy atom. The van der Waals surface area contributed by atoms with Crippen molar-refractivity contribution in [3.8, 4) is 17.2 Å². The molecule has 1 amide bonds. The van der Waals surface area contributed by atoms with Gasteiger partial charge in [-0.05, 0) is 47.5 Å². The number of anilines is 1. The van der Waals surface area contributed by atoms with Crippen molar-refractivity contribution in [2.75, 3.05) is 12.3 Å². The number of carbonyl (C=O) groups is 1. The van der Waals surface area contributed by atoms with Gasteiger partial charge >= 0.3 is 6.09 Å². The minimum Gasteiger partial charge on any atom is -0.399 e. The molecule has 0 unspecified atom stereocenters. The Balaban J connectivity index is 1.51. The number of hydrogen-bond acceptors (Lipinski definition) is 6. The van der Waals surface area contributed by atoms with Crippen molar-refractivity contribution in [2.24, 2.45) is 0 Å². The maximum atomic E-state index is 11.7. The molecular weight excluding hydrogens is 308 g/mol. The topological polar surface area (TPSA) is 103 Å². The highest BCUT2D eigenvalue weighted by atomic mass is 16.6. The summed E-state index contributed by atoms with van der Waals surface area (Å²) in [5.74, 6) is 0.592. The van der Waals surface area contributed by atoms with Crippen LogP contribution in [0.2, 0.25) is 0 Å². The van der Waals surface area contributed by atoms with Crippen LogP contribution in [0.1, 0.15) is 5.56 Å². The van der Waals surface area contributed by atoms with Crippen LogP contribution >= 0.6 is 0 Å². The first-order valence-corrected chi connectivity index (χ1v) is 7.38. The molecule has 0 bridgehead atoms. The number of hydrogen-bond donors (Lipinski definition) is 2. The summed E-state index contributed by atoms with van der Waals surface area (Å²) in [7, 11) is 0. The van der Waals surface area contributed by atoms with Gasteiger partial charge in [0.2, 0.25) is 0 Å². The molecule has 0 saturated heterocycles. The van der Waals surface area contributed by atoms with Crippen LogP contribution in [0.3, 0.4) is 0 Å². The second kappa shape index (κ2) is 7.28. The molecule has 1 aromatic carbocycles. The van der Waals surface area contributed by atoms with Gasteiger partial charge in [0.15, 0.2) is 5.76 Å². The van der Waals surface area contributed by atoms with Crippen LogP contribution in [-0.4, -0.2) is 22.8 Å². The molecule has 24 heavy (non-hydrogen) atoms. The van der Waals surface area contributed by atoms with Gasteiger partial charge in [-0.1, -0.05) is 6.07 Å². The number of nitrogens with zero attached hydrogens (tertiary/aromatic N) is 2. The Morgan fingerprint density at radius 1 is 1.25 bits per heavy atom. The highest BCUT2D eigenvalue weighted by molar-refractivity contribution is 5.70. The highest BCUT2D eigenvalue weighted by Gasteiger charge is 2.11. The summed E-state index contributed by atoms with van der Waals surface area (Å²) in [4.78, 5) is 15.8. The molecule has 0 saturated carbocycles. The molecule has 0 spiro atoms. The van der Waals surface area contributed by atoms with Gasteiger partial charge < -0.3 is 20.3 Å². The first kappa shape index (κ1) is 15.5. The second-order valence-corrected chi connectivity index (χ2v) is 5.08. The van der Waals surface area contributed by atoms with Crippen molar-refractivity contribution in [1.29, 1.82) is 0 Å². The average molecular weight is 324 g/mol. The molecule has 3 rings (SSSR count). The van der Waals surface area contributed by atoms with Crippen LogP contribution in [0, 0.1) is 0 Å². The zero-order chi connectivity index (χ0) is 16.8. The Labute approximate surface area is 138 Å². The number of benzene rings is 1. The zero-order valence-corrected chi connectivity index (χ0v) is 12.8. The standard InChI is InChI=1S/C17H16N4O3/c18-14-5-3-13(4-6-14)15-10-16(21-24-15)23-17(22)20-9-7-12-2-1-8-19-11-12/h1-6,8,10-11H,7,9,18H2,(H,20,22). The van der Waals surface area contributed by atoms with Crippen LogP contribution in [0.5, 0.6) is 5.88 Å². The summed E-state index contributed by atoms with van der Waals surface area (Å²) in [6.45, 7) is 0.438. The largest absolute Gasteiger partial charge is 0.414 e. The quantitative estimate of drug-likeness (QED) is 0.699. The SMILES string of the molecule is Nc1ccc(-c2cc(OC(=O)NCCc3cccnc3)no2)cc1. The number of nitrogens with two attached hydrogens (primary N) is 1. The molecule has 122 valence electrons. The predicted molar refractivity (Wildman–Crippen MR) is 88.3 cm³/mol. The zero-order valence-electron chi connectivity index (χ0n) is 12.8. The lowest BCUT2D eigenvalue weighted by Crippen LogP contribution is -2.28. The van der Waals surface area contributed by atoms with E-state index in [2.05, 4.69) is 15.5 Å². The lowest BCUT2D eigenvalue weighted by molar-refractivity contribution is 0.196. The van der Waals surface area contributed by atoms with Crippen molar-refractivity contribution < 1.29 is 14.1 Å². The maximum Gasteiger partial charge on any atom is 0.414 e. The Bertz CT molecular complexity index is 800. The molecule has 3 N–H and O–H groups in total. The summed E-state index contributed by atoms with van der Waals surface area (Å²) in [6, 6.07) is 12.4. The molecule has 2 heterocycles. The van der Waals surface area contributed by atoms with Gasteiger partial charge in [-0.2, -0.15) is 0 Å². The van der Waals surface area contributed by atoms with E-state index in [0.29, 0.717) is 24.4 Å². The first-order chi connectivity index (χ1) is 11.7. The summed E-state index contributed by atoms with van der Waals surface area (Å²) < 4.78 is 10.2. The Kier molecular flexibility index (Phi) is 4.71. The molecule has 2 aromatic heterocycles. The maximum absolute atomic E-state index is 11.7. The van der Waals surface area contributed by atoms with Gasteiger partial charge in [0.25, 0.3) is 5.88 Å². The van der Waals surface area contributed by atoms with Gasteiger partial charge in [-0.25, -0.2) is 4.79 Å². The monoisotopic (exact) mass is 324 g/mol. The lowest BCUT2D eigenvalue weighted by atomic mass is 10.1. The van der Waals surface area contributed by atoms with E-state index in [4.69, 9.17) is 15.0 Å². The molecule has 7 nitrogen and oxygen atoms in total. The molecule has 0 aliphatic carbocycles. The van der Waals surface area contributed by atoms with Crippen molar-refractivity contribution in [3.63, 3.8) is 0 Å². The van der Waals surface area contributed by atoms with Crippen LogP contribution in [0.25, 0.3) is 11.3 Å². The summed E-state index contributed by atoms with van der Waals surface area (Å²) in [5, 5.41) is 6.37. The van der Waals surface area contributed by atoms with E-state index in [1.54, 1.807) is 42.7 Å². The van der Waals surface area contributed by atoms with Crippen LogP contribution in [0.4, 0.5) is 10.5 Å². The molecule has 0 atom stereocenters. The van der Waals surface area contributed by atoms with Crippen molar-refractivity contribution in [2.45, 2.75) is 6.42 Å². The second-order valence-electron chi connectivity index (χ2n) is 5.08. The number of amides is 1. The van der Waals surface area contributed by atoms with E-state index in [9.17, 15) is 4.79 Å². The van der Waals surface area contributed by atoms with E-state index in [1.165, 1.54) is 0 Å². The fourth-order valence-electron chi connectivity index (χ4n) is 2.08. The molecule has 0 aliphatic heterocycles. The van der Waals surface area contributed by atoms with Crippen LogP contribution < -0.4 is 15.8 Å². The molecule has 7 heteroatoms. The Morgan fingerprint density at radius 3 is 2.83 bits per heavy atom. The molecule has 3 aromatic rings. The minimum atomic E-state index is -0.587. The minimum absolute atomic E-state index is 0.0979. The summed E-state index contributed by atoms with van der Waals surface area (Å²) >= 11 is 0. The number of nitrogens with one attached hydrogen (secondary N) is 1. The smallest absolute Gasteiger partial charge is 0.399 e. The van der Waals surface area contributed by atoms with Gasteiger partial charge in [0.1, 0.15) is 0 Å². The number of rotatable bonds is 5. The van der Waals surface area contributed by atoms with E-state index in [0.717, 1.165) is 11.1 Å². The van der Waals surface area contributed by atoms with Crippen molar-refractivity contribution >= 4 is 11.8 Å². The summed E-state index contributed by atoms with van der Waals surface area (Å²) in [6.07, 6.45) is 3.53. The third-order valence-corrected chi connectivity index (χ3v) is 3.29. The van der Waals surface area contributed by atoms with Gasteiger partial charge in [0.05, 0.1) is 6.07 Å². The number of nitrogen functional groups attached to an aromatic ring is 1. The van der Waals surface area contributed by atoms with Gasteiger partial charge in [-0.3, -0.25) is 4.98 Å². The van der Waals surface area contributed by atoms with Crippen LogP contribution in [0.15, 0.2) is 59.4 Å². The highest BCUT2D eigenvalue weighted by Crippen LogP contribution is 2.24. The average Bonchev–Trinajstić information content (AvgIpc) is 3.05. The molecule has 0 fully saturated rings. The van der Waals surface area contributed by atoms with Gasteiger partial charge in [0, 0.05) is 30.2 Å². The Hall–Kier alpha value is -3.35. The van der Waals surface area contributed by atoms with Crippen LogP contribution in [-0.2, 0) is 6.42 Å². The molecule has 0 aliphatic rings. The number of ether oxygens (including phenoxy) is 1. The van der Waals surface area contributed by atoms with E-state index >= 15 is 0 Å². The fraction of sp³-hybridized carbons (Fsp3) is 0.118. The van der Waals surface area contributed by atoms with E-state index in [1.807, 2.05) is 12.1 Å². The third kappa shape index (κ3) is 4.10. The van der Waals surface area contributed by atoms with Gasteiger partial charge in [-0.15, -0.1) is 0 Å². The van der Waals surface area contributed by atoms with Crippen molar-refractivity contribution in [1.82, 2.24) is 15.5 Å². The number of aromatic nitrogens is 2. The lowest BCUT2D eigenvalue weighted by Gasteiger charge is -2.03. The summed E-state index contributed by atoms with van der Waals surface area (Å²) in [5.41, 5.74) is 8.12. The number of carbonyl (C=O) groups excluding carboxylic acids is 1. The van der Waals surface area contributed by atoms with E-state index < -0.39 is 6.09 Å². The molecule has 0 radical (unpaired) electrons. The van der Waals surface area contributed by atoms with Crippen molar-refractivity contribution in [3.05, 3.63) is 60.4 Å². The third-order valence-electron chi connectivity index (χ3n) is 3.29. The number of pyridine rings is 1. The first-order valence-electron chi connectivity index (χ1n) is 7.38. The normalized spacial score (nSPS) is 10.3. The fourth-order valence-corrected chi connectivity index (χ4v) is 2.08. The predicted octanol–water partition coefficient (Wildman–Crippen LogP) is 2.65.